The van der Waals surface area contributed by atoms with Crippen molar-refractivity contribution in [2.45, 2.75) is 38.1 Å². The molecule has 0 unspecified atom stereocenters. The summed E-state index contributed by atoms with van der Waals surface area (Å²) in [5.41, 5.74) is 3.50. The van der Waals surface area contributed by atoms with Gasteiger partial charge in [-0.1, -0.05) is 54.6 Å². The highest BCUT2D eigenvalue weighted by molar-refractivity contribution is 7.88. The van der Waals surface area contributed by atoms with Gasteiger partial charge < -0.3 is 4.90 Å². The molecule has 1 saturated heterocycles. The van der Waals surface area contributed by atoms with Crippen LogP contribution in [0.2, 0.25) is 0 Å². The Morgan fingerprint density at radius 2 is 1.68 bits per heavy atom. The van der Waals surface area contributed by atoms with Gasteiger partial charge in [0, 0.05) is 31.5 Å². The molecule has 28 heavy (non-hydrogen) atoms. The summed E-state index contributed by atoms with van der Waals surface area (Å²) >= 11 is 0. The van der Waals surface area contributed by atoms with E-state index in [-0.39, 0.29) is 17.9 Å². The lowest BCUT2D eigenvalue weighted by Crippen LogP contribution is -2.46. The number of nitrogens with one attached hydrogen (secondary N) is 1. The van der Waals surface area contributed by atoms with Crippen molar-refractivity contribution >= 4 is 15.9 Å². The molecule has 5 nitrogen and oxygen atoms in total. The Morgan fingerprint density at radius 3 is 2.29 bits per heavy atom. The van der Waals surface area contributed by atoms with Crippen LogP contribution in [0.5, 0.6) is 0 Å². The van der Waals surface area contributed by atoms with E-state index in [4.69, 9.17) is 0 Å². The van der Waals surface area contributed by atoms with Gasteiger partial charge in [0.1, 0.15) is 0 Å². The summed E-state index contributed by atoms with van der Waals surface area (Å²) in [5, 5.41) is 0. The van der Waals surface area contributed by atoms with Crippen LogP contribution in [0, 0.1) is 6.92 Å². The summed E-state index contributed by atoms with van der Waals surface area (Å²) in [5.74, 6) is 0.136. The molecule has 0 aromatic heterocycles. The predicted octanol–water partition coefficient (Wildman–Crippen LogP) is 3.06. The molecule has 3 rings (SSSR count). The lowest BCUT2D eigenvalue weighted by molar-refractivity contribution is -0.132. The van der Waals surface area contributed by atoms with E-state index >= 15 is 0 Å². The molecular weight excluding hydrogens is 372 g/mol. The zero-order chi connectivity index (χ0) is 20.1. The van der Waals surface area contributed by atoms with Gasteiger partial charge in [-0.05, 0) is 36.5 Å². The van der Waals surface area contributed by atoms with Crippen molar-refractivity contribution in [1.29, 1.82) is 0 Å². The maximum atomic E-state index is 13.0. The first-order chi connectivity index (χ1) is 13.3. The van der Waals surface area contributed by atoms with E-state index in [2.05, 4.69) is 35.9 Å². The maximum Gasteiger partial charge on any atom is 0.223 e. The van der Waals surface area contributed by atoms with Gasteiger partial charge in [0.15, 0.2) is 0 Å². The minimum Gasteiger partial charge on any atom is -0.343 e. The van der Waals surface area contributed by atoms with Gasteiger partial charge in [0.2, 0.25) is 15.9 Å². The number of hydrogen-bond donors (Lipinski definition) is 1. The maximum absolute atomic E-state index is 13.0. The van der Waals surface area contributed by atoms with Gasteiger partial charge >= 0.3 is 0 Å². The monoisotopic (exact) mass is 400 g/mol. The fraction of sp³-hybridized carbons (Fsp3) is 0.409. The van der Waals surface area contributed by atoms with Crippen molar-refractivity contribution in [1.82, 2.24) is 9.62 Å². The molecule has 2 aromatic rings. The number of likely N-dealkylation sites (tertiary alicyclic amines) is 1. The quantitative estimate of drug-likeness (QED) is 0.810. The first-order valence-electron chi connectivity index (χ1n) is 9.69. The Labute approximate surface area is 167 Å². The van der Waals surface area contributed by atoms with Crippen LogP contribution in [0.4, 0.5) is 0 Å². The van der Waals surface area contributed by atoms with Crippen molar-refractivity contribution in [2.75, 3.05) is 19.3 Å². The van der Waals surface area contributed by atoms with E-state index in [0.29, 0.717) is 32.4 Å². The molecule has 1 aliphatic heterocycles. The number of amides is 1. The molecule has 2 aromatic carbocycles. The molecular formula is C22H28N2O3S. The van der Waals surface area contributed by atoms with Crippen LogP contribution >= 0.6 is 0 Å². The van der Waals surface area contributed by atoms with Gasteiger partial charge in [-0.3, -0.25) is 4.79 Å². The van der Waals surface area contributed by atoms with Crippen molar-refractivity contribution in [3.63, 3.8) is 0 Å². The molecule has 1 amide bonds. The van der Waals surface area contributed by atoms with Crippen LogP contribution in [-0.4, -0.2) is 44.6 Å². The summed E-state index contributed by atoms with van der Waals surface area (Å²) in [7, 11) is -3.21. The van der Waals surface area contributed by atoms with Gasteiger partial charge in [-0.25, -0.2) is 13.1 Å². The first kappa shape index (κ1) is 20.6. The lowest BCUT2D eigenvalue weighted by Gasteiger charge is -2.33. The molecule has 0 saturated carbocycles. The highest BCUT2D eigenvalue weighted by atomic mass is 32.2. The second kappa shape index (κ2) is 8.88. The number of sulfonamides is 1. The lowest BCUT2D eigenvalue weighted by atomic mass is 9.85. The summed E-state index contributed by atoms with van der Waals surface area (Å²) in [6, 6.07) is 18.3. The van der Waals surface area contributed by atoms with E-state index in [1.807, 2.05) is 35.2 Å². The summed E-state index contributed by atoms with van der Waals surface area (Å²) in [6.07, 6.45) is 2.90. The summed E-state index contributed by atoms with van der Waals surface area (Å²) < 4.78 is 25.5. The van der Waals surface area contributed by atoms with Crippen LogP contribution in [0.3, 0.4) is 0 Å². The Kier molecular flexibility index (Phi) is 6.52. The second-order valence-electron chi connectivity index (χ2n) is 7.57. The molecule has 0 spiro atoms. The molecule has 0 radical (unpaired) electrons. The third-order valence-electron chi connectivity index (χ3n) is 5.37. The Morgan fingerprint density at radius 1 is 1.07 bits per heavy atom. The fourth-order valence-electron chi connectivity index (χ4n) is 3.92. The van der Waals surface area contributed by atoms with E-state index in [9.17, 15) is 13.2 Å². The van der Waals surface area contributed by atoms with E-state index in [1.54, 1.807) is 0 Å². The average Bonchev–Trinajstić information content (AvgIpc) is 2.67. The van der Waals surface area contributed by atoms with Gasteiger partial charge in [0.05, 0.1) is 6.26 Å². The number of nitrogens with zero attached hydrogens (tertiary/aromatic N) is 1. The second-order valence-corrected chi connectivity index (χ2v) is 9.35. The SMILES string of the molecule is Cc1ccccc1[C@@H](CC(=O)N1CCC(NS(C)(=O)=O)CC1)c1ccccc1. The standard InChI is InChI=1S/C22H28N2O3S/c1-17-8-6-7-11-20(17)21(18-9-4-3-5-10-18)16-22(25)24-14-12-19(13-15-24)23-28(2,26)27/h3-11,19,21,23H,12-16H2,1-2H3/t21-/m0/s1. The van der Waals surface area contributed by atoms with Crippen molar-refractivity contribution < 1.29 is 13.2 Å². The number of hydrogen-bond acceptors (Lipinski definition) is 3. The van der Waals surface area contributed by atoms with Gasteiger partial charge in [-0.2, -0.15) is 0 Å². The molecule has 1 atom stereocenters. The number of rotatable bonds is 6. The highest BCUT2D eigenvalue weighted by Crippen LogP contribution is 2.31. The van der Waals surface area contributed by atoms with E-state index in [0.717, 1.165) is 5.56 Å². The first-order valence-corrected chi connectivity index (χ1v) is 11.6. The number of piperidine rings is 1. The molecule has 1 aliphatic rings. The van der Waals surface area contributed by atoms with Crippen molar-refractivity contribution in [3.8, 4) is 0 Å². The minimum absolute atomic E-state index is 0.0155. The zero-order valence-corrected chi connectivity index (χ0v) is 17.3. The van der Waals surface area contributed by atoms with Crippen LogP contribution in [0.15, 0.2) is 54.6 Å². The number of aryl methyl sites for hydroxylation is 1. The smallest absolute Gasteiger partial charge is 0.223 e. The number of carbonyl (C=O) groups is 1. The van der Waals surface area contributed by atoms with Crippen LogP contribution in [0.25, 0.3) is 0 Å². The Hall–Kier alpha value is -2.18. The average molecular weight is 401 g/mol. The van der Waals surface area contributed by atoms with Gasteiger partial charge in [0.25, 0.3) is 0 Å². The molecule has 150 valence electrons. The van der Waals surface area contributed by atoms with E-state index in [1.165, 1.54) is 17.4 Å². The molecule has 1 N–H and O–H groups in total. The fourth-order valence-corrected chi connectivity index (χ4v) is 4.76. The third-order valence-corrected chi connectivity index (χ3v) is 6.13. The van der Waals surface area contributed by atoms with Crippen molar-refractivity contribution in [2.24, 2.45) is 0 Å². The molecule has 1 fully saturated rings. The number of benzene rings is 2. The minimum atomic E-state index is -3.21. The number of carbonyl (C=O) groups excluding carboxylic acids is 1. The Balaban J connectivity index is 1.72. The molecule has 6 heteroatoms. The van der Waals surface area contributed by atoms with Crippen LogP contribution < -0.4 is 4.72 Å². The molecule has 1 heterocycles. The molecule has 0 bridgehead atoms. The normalized spacial score (nSPS) is 16.7. The predicted molar refractivity (Wildman–Crippen MR) is 112 cm³/mol. The van der Waals surface area contributed by atoms with Crippen molar-refractivity contribution in [3.05, 3.63) is 71.3 Å². The zero-order valence-electron chi connectivity index (χ0n) is 16.5. The highest BCUT2D eigenvalue weighted by Gasteiger charge is 2.27. The summed E-state index contributed by atoms with van der Waals surface area (Å²) in [4.78, 5) is 14.9. The largest absolute Gasteiger partial charge is 0.343 e. The molecule has 0 aliphatic carbocycles. The Bertz CT molecular complexity index is 904. The van der Waals surface area contributed by atoms with Crippen LogP contribution in [-0.2, 0) is 14.8 Å². The van der Waals surface area contributed by atoms with E-state index < -0.39 is 10.0 Å². The summed E-state index contributed by atoms with van der Waals surface area (Å²) in [6.45, 7) is 3.25. The van der Waals surface area contributed by atoms with Gasteiger partial charge in [-0.15, -0.1) is 0 Å². The third kappa shape index (κ3) is 5.42. The topological polar surface area (TPSA) is 66.5 Å². The van der Waals surface area contributed by atoms with Crippen LogP contribution in [0.1, 0.15) is 41.9 Å².